The molecule has 3 aromatic rings. The molecular weight excluding hydrogens is 284 g/mol. The van der Waals surface area contributed by atoms with E-state index in [1.54, 1.807) is 0 Å². The topological polar surface area (TPSA) is 29.5 Å². The summed E-state index contributed by atoms with van der Waals surface area (Å²) in [5.41, 5.74) is 5.40. The lowest BCUT2D eigenvalue weighted by Crippen LogP contribution is -1.95. The molecule has 23 heavy (non-hydrogen) atoms. The first-order chi connectivity index (χ1) is 11.2. The average Bonchev–Trinajstić information content (AvgIpc) is 2.60. The van der Waals surface area contributed by atoms with Gasteiger partial charge in [0.05, 0.1) is 6.61 Å². The molecule has 0 unspecified atom stereocenters. The number of aliphatic hydroxyl groups is 1. The lowest BCUT2D eigenvalue weighted by Gasteiger charge is -2.10. The van der Waals surface area contributed by atoms with Gasteiger partial charge < -0.3 is 9.84 Å². The quantitative estimate of drug-likeness (QED) is 0.738. The summed E-state index contributed by atoms with van der Waals surface area (Å²) < 4.78 is 5.89. The molecule has 0 aliphatic carbocycles. The summed E-state index contributed by atoms with van der Waals surface area (Å²) in [6, 6.07) is 24.3. The third-order valence-electron chi connectivity index (χ3n) is 3.74. The van der Waals surface area contributed by atoms with Crippen LogP contribution in [0, 0.1) is 6.92 Å². The molecule has 0 bridgehead atoms. The summed E-state index contributed by atoms with van der Waals surface area (Å²) in [5.74, 6) is 0.846. The summed E-state index contributed by atoms with van der Waals surface area (Å²) in [6.45, 7) is 2.65. The minimum absolute atomic E-state index is 0.0544. The fraction of sp³-hybridized carbons (Fsp3) is 0.143. The first-order valence-electron chi connectivity index (χ1n) is 7.73. The molecule has 0 aliphatic rings. The molecule has 3 rings (SSSR count). The number of ether oxygens (including phenoxy) is 1. The van der Waals surface area contributed by atoms with Crippen LogP contribution in [-0.4, -0.2) is 5.11 Å². The Bertz CT molecular complexity index is 779. The van der Waals surface area contributed by atoms with Crippen LogP contribution in [0.4, 0.5) is 0 Å². The predicted octanol–water partition coefficient (Wildman–Crippen LogP) is 4.73. The molecular formula is C21H20O2. The van der Waals surface area contributed by atoms with Crippen LogP contribution in [0.5, 0.6) is 5.75 Å². The number of hydrogen-bond acceptors (Lipinski definition) is 2. The van der Waals surface area contributed by atoms with Crippen molar-refractivity contribution in [1.82, 2.24) is 0 Å². The third-order valence-corrected chi connectivity index (χ3v) is 3.74. The van der Waals surface area contributed by atoms with Gasteiger partial charge >= 0.3 is 0 Å². The van der Waals surface area contributed by atoms with Gasteiger partial charge in [-0.25, -0.2) is 0 Å². The van der Waals surface area contributed by atoms with Crippen molar-refractivity contribution in [2.75, 3.05) is 0 Å². The van der Waals surface area contributed by atoms with E-state index >= 15 is 0 Å². The Morgan fingerprint density at radius 2 is 1.61 bits per heavy atom. The zero-order chi connectivity index (χ0) is 16.1. The molecule has 3 aromatic carbocycles. The minimum Gasteiger partial charge on any atom is -0.489 e. The zero-order valence-electron chi connectivity index (χ0n) is 13.2. The molecule has 0 saturated heterocycles. The van der Waals surface area contributed by atoms with Crippen LogP contribution in [0.3, 0.4) is 0 Å². The van der Waals surface area contributed by atoms with Crippen LogP contribution in [0.25, 0.3) is 11.1 Å². The summed E-state index contributed by atoms with van der Waals surface area (Å²) in [6.07, 6.45) is 0. The number of hydrogen-bond donors (Lipinski definition) is 1. The van der Waals surface area contributed by atoms with E-state index in [-0.39, 0.29) is 6.61 Å². The standard InChI is InChI=1S/C21H20O2/c1-16-10-18(14-22)12-20(11-16)19-8-5-9-21(13-19)23-15-17-6-3-2-4-7-17/h2-13,22H,14-15H2,1H3. The molecule has 0 saturated carbocycles. The van der Waals surface area contributed by atoms with E-state index in [2.05, 4.69) is 24.3 Å². The fourth-order valence-electron chi connectivity index (χ4n) is 2.63. The molecule has 0 aromatic heterocycles. The van der Waals surface area contributed by atoms with Gasteiger partial charge in [-0.1, -0.05) is 60.2 Å². The van der Waals surface area contributed by atoms with Crippen LogP contribution < -0.4 is 4.74 Å². The van der Waals surface area contributed by atoms with Crippen molar-refractivity contribution in [3.05, 3.63) is 89.5 Å². The van der Waals surface area contributed by atoms with Crippen LogP contribution in [0.2, 0.25) is 0 Å². The van der Waals surface area contributed by atoms with Crippen molar-refractivity contribution in [2.45, 2.75) is 20.1 Å². The Labute approximate surface area is 137 Å². The number of benzene rings is 3. The van der Waals surface area contributed by atoms with E-state index in [1.807, 2.05) is 55.5 Å². The maximum absolute atomic E-state index is 9.37. The van der Waals surface area contributed by atoms with Crippen LogP contribution in [0.15, 0.2) is 72.8 Å². The average molecular weight is 304 g/mol. The first-order valence-corrected chi connectivity index (χ1v) is 7.73. The van der Waals surface area contributed by atoms with Gasteiger partial charge in [0.2, 0.25) is 0 Å². The summed E-state index contributed by atoms with van der Waals surface area (Å²) >= 11 is 0. The van der Waals surface area contributed by atoms with E-state index < -0.39 is 0 Å². The second kappa shape index (κ2) is 7.12. The normalized spacial score (nSPS) is 10.5. The van der Waals surface area contributed by atoms with Crippen LogP contribution >= 0.6 is 0 Å². The lowest BCUT2D eigenvalue weighted by molar-refractivity contribution is 0.282. The van der Waals surface area contributed by atoms with Gasteiger partial charge in [-0.05, 0) is 47.4 Å². The van der Waals surface area contributed by atoms with Gasteiger partial charge in [-0.2, -0.15) is 0 Å². The second-order valence-electron chi connectivity index (χ2n) is 5.67. The van der Waals surface area contributed by atoms with E-state index in [4.69, 9.17) is 4.74 Å². The highest BCUT2D eigenvalue weighted by Crippen LogP contribution is 2.26. The fourth-order valence-corrected chi connectivity index (χ4v) is 2.63. The Balaban J connectivity index is 1.81. The van der Waals surface area contributed by atoms with Gasteiger partial charge in [0.15, 0.2) is 0 Å². The SMILES string of the molecule is Cc1cc(CO)cc(-c2cccc(OCc3ccccc3)c2)c1. The van der Waals surface area contributed by atoms with Gasteiger partial charge in [0.1, 0.15) is 12.4 Å². The van der Waals surface area contributed by atoms with Gasteiger partial charge in [0.25, 0.3) is 0 Å². The van der Waals surface area contributed by atoms with E-state index in [0.717, 1.165) is 33.6 Å². The summed E-state index contributed by atoms with van der Waals surface area (Å²) in [4.78, 5) is 0. The van der Waals surface area contributed by atoms with Crippen molar-refractivity contribution in [2.24, 2.45) is 0 Å². The van der Waals surface area contributed by atoms with E-state index in [1.165, 1.54) is 0 Å². The molecule has 0 spiro atoms. The van der Waals surface area contributed by atoms with Crippen molar-refractivity contribution in [1.29, 1.82) is 0 Å². The molecule has 0 fully saturated rings. The lowest BCUT2D eigenvalue weighted by atomic mass is 10.0. The highest BCUT2D eigenvalue weighted by molar-refractivity contribution is 5.66. The maximum atomic E-state index is 9.37. The summed E-state index contributed by atoms with van der Waals surface area (Å²) in [7, 11) is 0. The van der Waals surface area contributed by atoms with E-state index in [9.17, 15) is 5.11 Å². The summed E-state index contributed by atoms with van der Waals surface area (Å²) in [5, 5.41) is 9.37. The Hall–Kier alpha value is -2.58. The zero-order valence-corrected chi connectivity index (χ0v) is 13.2. The molecule has 0 amide bonds. The Kier molecular flexibility index (Phi) is 4.74. The first kappa shape index (κ1) is 15.3. The molecule has 2 heteroatoms. The highest BCUT2D eigenvalue weighted by atomic mass is 16.5. The molecule has 116 valence electrons. The molecule has 2 nitrogen and oxygen atoms in total. The van der Waals surface area contributed by atoms with Crippen molar-refractivity contribution < 1.29 is 9.84 Å². The van der Waals surface area contributed by atoms with Gasteiger partial charge in [0, 0.05) is 0 Å². The number of rotatable bonds is 5. The smallest absolute Gasteiger partial charge is 0.120 e. The third kappa shape index (κ3) is 3.99. The minimum atomic E-state index is 0.0544. The Morgan fingerprint density at radius 1 is 0.783 bits per heavy atom. The van der Waals surface area contributed by atoms with Crippen molar-refractivity contribution in [3.8, 4) is 16.9 Å². The van der Waals surface area contributed by atoms with Gasteiger partial charge in [-0.3, -0.25) is 0 Å². The monoisotopic (exact) mass is 304 g/mol. The second-order valence-corrected chi connectivity index (χ2v) is 5.67. The van der Waals surface area contributed by atoms with Gasteiger partial charge in [-0.15, -0.1) is 0 Å². The highest BCUT2D eigenvalue weighted by Gasteiger charge is 2.03. The molecule has 0 radical (unpaired) electrons. The van der Waals surface area contributed by atoms with Crippen LogP contribution in [0.1, 0.15) is 16.7 Å². The molecule has 0 heterocycles. The Morgan fingerprint density at radius 3 is 2.39 bits per heavy atom. The van der Waals surface area contributed by atoms with Crippen molar-refractivity contribution in [3.63, 3.8) is 0 Å². The molecule has 0 aliphatic heterocycles. The van der Waals surface area contributed by atoms with Crippen LogP contribution in [-0.2, 0) is 13.2 Å². The predicted molar refractivity (Wildman–Crippen MR) is 93.3 cm³/mol. The number of aryl methyl sites for hydroxylation is 1. The number of aliphatic hydroxyl groups excluding tert-OH is 1. The molecule has 0 atom stereocenters. The van der Waals surface area contributed by atoms with Crippen molar-refractivity contribution >= 4 is 0 Å². The maximum Gasteiger partial charge on any atom is 0.120 e. The molecule has 1 N–H and O–H groups in total. The van der Waals surface area contributed by atoms with E-state index in [0.29, 0.717) is 6.61 Å². The largest absolute Gasteiger partial charge is 0.489 e.